The lowest BCUT2D eigenvalue weighted by Gasteiger charge is -2.34. The Morgan fingerprint density at radius 2 is 1.64 bits per heavy atom. The van der Waals surface area contributed by atoms with Crippen LogP contribution >= 0.6 is 11.6 Å². The van der Waals surface area contributed by atoms with Gasteiger partial charge in [0.05, 0.1) is 22.5 Å². The van der Waals surface area contributed by atoms with E-state index in [1.54, 1.807) is 36.4 Å². The van der Waals surface area contributed by atoms with Gasteiger partial charge in [0.2, 0.25) is 21.8 Å². The highest BCUT2D eigenvalue weighted by atomic mass is 35.5. The van der Waals surface area contributed by atoms with Gasteiger partial charge in [0.25, 0.3) is 0 Å². The van der Waals surface area contributed by atoms with Crippen LogP contribution in [0.25, 0.3) is 0 Å². The second-order valence-corrected chi connectivity index (χ2v) is 13.1. The number of halogens is 5. The Balaban J connectivity index is 1.78. The van der Waals surface area contributed by atoms with Crippen molar-refractivity contribution in [3.8, 4) is 0 Å². The van der Waals surface area contributed by atoms with Crippen molar-refractivity contribution in [1.82, 2.24) is 10.2 Å². The van der Waals surface area contributed by atoms with Crippen molar-refractivity contribution < 1.29 is 35.6 Å². The van der Waals surface area contributed by atoms with Crippen LogP contribution in [0.5, 0.6) is 0 Å². The summed E-state index contributed by atoms with van der Waals surface area (Å²) in [6.45, 7) is -1.40. The molecule has 0 unspecified atom stereocenters. The van der Waals surface area contributed by atoms with Crippen LogP contribution in [-0.4, -0.2) is 50.0 Å². The van der Waals surface area contributed by atoms with E-state index in [9.17, 15) is 35.6 Å². The standard InChI is InChI=1S/C31H32ClF4N3O4S/c1-44(42,43)39(27-18-23(31(34,35)36)15-16-25(27)32)20-29(40)38(19-22-11-5-8-14-26(22)33)28(17-21-9-3-2-4-10-21)30(41)37-24-12-6-7-13-24/h2-5,8-11,14-16,18,24,28H,6-7,12-13,17,19-20H2,1H3,(H,37,41)/t28-/m0/s1. The maximum absolute atomic E-state index is 14.9. The smallest absolute Gasteiger partial charge is 0.352 e. The van der Waals surface area contributed by atoms with Crippen LogP contribution in [0.1, 0.15) is 42.4 Å². The summed E-state index contributed by atoms with van der Waals surface area (Å²) in [5.41, 5.74) is -0.973. The molecule has 0 aromatic heterocycles. The SMILES string of the molecule is CS(=O)(=O)N(CC(=O)N(Cc1ccccc1F)[C@@H](Cc1ccccc1)C(=O)NC1CCCC1)c1cc(C(F)(F)F)ccc1Cl. The second kappa shape index (κ2) is 14.0. The summed E-state index contributed by atoms with van der Waals surface area (Å²) in [4.78, 5) is 29.0. The van der Waals surface area contributed by atoms with Crippen LogP contribution < -0.4 is 9.62 Å². The van der Waals surface area contributed by atoms with E-state index in [1.807, 2.05) is 0 Å². The zero-order valence-corrected chi connectivity index (χ0v) is 25.4. The van der Waals surface area contributed by atoms with Crippen LogP contribution in [-0.2, 0) is 38.8 Å². The molecule has 1 fully saturated rings. The third kappa shape index (κ3) is 8.50. The molecule has 2 amide bonds. The molecule has 0 aliphatic heterocycles. The normalized spacial score (nSPS) is 14.7. The monoisotopic (exact) mass is 653 g/mol. The molecule has 236 valence electrons. The van der Waals surface area contributed by atoms with Crippen LogP contribution in [0.2, 0.25) is 5.02 Å². The number of rotatable bonds is 11. The molecule has 7 nitrogen and oxygen atoms in total. The lowest BCUT2D eigenvalue weighted by Crippen LogP contribution is -2.54. The minimum Gasteiger partial charge on any atom is -0.352 e. The molecule has 0 spiro atoms. The Kier molecular flexibility index (Phi) is 10.6. The average molecular weight is 654 g/mol. The molecule has 1 aliphatic carbocycles. The fraction of sp³-hybridized carbons (Fsp3) is 0.355. The largest absolute Gasteiger partial charge is 0.416 e. The summed E-state index contributed by atoms with van der Waals surface area (Å²) in [7, 11) is -4.38. The van der Waals surface area contributed by atoms with Gasteiger partial charge in [-0.15, -0.1) is 0 Å². The molecule has 0 radical (unpaired) electrons. The van der Waals surface area contributed by atoms with Gasteiger partial charge >= 0.3 is 6.18 Å². The van der Waals surface area contributed by atoms with Crippen LogP contribution in [0, 0.1) is 5.82 Å². The second-order valence-electron chi connectivity index (χ2n) is 10.7. The molecule has 1 atom stereocenters. The van der Waals surface area contributed by atoms with Gasteiger partial charge < -0.3 is 10.2 Å². The van der Waals surface area contributed by atoms with E-state index in [4.69, 9.17) is 11.6 Å². The molecule has 0 saturated heterocycles. The van der Waals surface area contributed by atoms with Gasteiger partial charge in [-0.3, -0.25) is 13.9 Å². The maximum atomic E-state index is 14.9. The Bertz CT molecular complexity index is 1580. The van der Waals surface area contributed by atoms with Gasteiger partial charge in [0.1, 0.15) is 18.4 Å². The number of anilines is 1. The minimum atomic E-state index is -4.82. The number of benzene rings is 3. The van der Waals surface area contributed by atoms with Crippen molar-refractivity contribution in [1.29, 1.82) is 0 Å². The lowest BCUT2D eigenvalue weighted by molar-refractivity contribution is -0.140. The van der Waals surface area contributed by atoms with E-state index in [-0.39, 0.29) is 23.0 Å². The van der Waals surface area contributed by atoms with Crippen molar-refractivity contribution >= 4 is 39.1 Å². The minimum absolute atomic E-state index is 0.0166. The third-order valence-corrected chi connectivity index (χ3v) is 8.94. The summed E-state index contributed by atoms with van der Waals surface area (Å²) in [6.07, 6.45) is -0.722. The number of hydrogen-bond donors (Lipinski definition) is 1. The van der Waals surface area contributed by atoms with Gasteiger partial charge in [-0.05, 0) is 42.7 Å². The van der Waals surface area contributed by atoms with Gasteiger partial charge in [0, 0.05) is 24.6 Å². The number of nitrogens with zero attached hydrogens (tertiary/aromatic N) is 2. The topological polar surface area (TPSA) is 86.8 Å². The van der Waals surface area contributed by atoms with E-state index in [1.165, 1.54) is 18.2 Å². The summed E-state index contributed by atoms with van der Waals surface area (Å²) < 4.78 is 81.8. The first kappa shape index (κ1) is 33.3. The average Bonchev–Trinajstić information content (AvgIpc) is 3.47. The molecule has 1 saturated carbocycles. The Morgan fingerprint density at radius 1 is 1.00 bits per heavy atom. The number of carbonyl (C=O) groups excluding carboxylic acids is 2. The summed E-state index contributed by atoms with van der Waals surface area (Å²) in [5.74, 6) is -2.09. The fourth-order valence-electron chi connectivity index (χ4n) is 5.21. The van der Waals surface area contributed by atoms with Crippen molar-refractivity contribution in [3.05, 3.63) is 100 Å². The van der Waals surface area contributed by atoms with Crippen molar-refractivity contribution in [2.45, 2.75) is 56.9 Å². The van der Waals surface area contributed by atoms with Crippen molar-refractivity contribution in [2.24, 2.45) is 0 Å². The zero-order chi connectivity index (χ0) is 32.1. The van der Waals surface area contributed by atoms with Crippen molar-refractivity contribution in [2.75, 3.05) is 17.1 Å². The van der Waals surface area contributed by atoms with E-state index in [2.05, 4.69) is 5.32 Å². The molecule has 4 rings (SSSR count). The zero-order valence-electron chi connectivity index (χ0n) is 23.9. The molecule has 1 N–H and O–H groups in total. The molecular formula is C31H32ClF4N3O4S. The molecular weight excluding hydrogens is 622 g/mol. The summed E-state index contributed by atoms with van der Waals surface area (Å²) in [6, 6.07) is 15.2. The predicted molar refractivity (Wildman–Crippen MR) is 160 cm³/mol. The highest BCUT2D eigenvalue weighted by Crippen LogP contribution is 2.36. The van der Waals surface area contributed by atoms with Crippen LogP contribution in [0.15, 0.2) is 72.8 Å². The Morgan fingerprint density at radius 3 is 2.25 bits per heavy atom. The van der Waals surface area contributed by atoms with Crippen LogP contribution in [0.3, 0.4) is 0 Å². The van der Waals surface area contributed by atoms with Gasteiger partial charge in [-0.1, -0.05) is 73.0 Å². The molecule has 13 heteroatoms. The Labute approximate surface area is 258 Å². The van der Waals surface area contributed by atoms with Crippen LogP contribution in [0.4, 0.5) is 23.2 Å². The number of amides is 2. The first-order chi connectivity index (χ1) is 20.7. The summed E-state index contributed by atoms with van der Waals surface area (Å²) >= 11 is 6.16. The molecule has 3 aromatic rings. The van der Waals surface area contributed by atoms with E-state index < -0.39 is 64.2 Å². The maximum Gasteiger partial charge on any atom is 0.416 e. The Hall–Kier alpha value is -3.64. The lowest BCUT2D eigenvalue weighted by atomic mass is 10.0. The number of carbonyl (C=O) groups is 2. The first-order valence-electron chi connectivity index (χ1n) is 14.0. The number of alkyl halides is 3. The number of hydrogen-bond acceptors (Lipinski definition) is 4. The molecule has 1 aliphatic rings. The molecule has 0 heterocycles. The van der Waals surface area contributed by atoms with E-state index in [0.717, 1.165) is 42.9 Å². The quantitative estimate of drug-likeness (QED) is 0.259. The van der Waals surface area contributed by atoms with Crippen molar-refractivity contribution in [3.63, 3.8) is 0 Å². The molecule has 3 aromatic carbocycles. The van der Waals surface area contributed by atoms with E-state index >= 15 is 0 Å². The van der Waals surface area contributed by atoms with Gasteiger partial charge in [0.15, 0.2) is 0 Å². The van der Waals surface area contributed by atoms with Gasteiger partial charge in [-0.2, -0.15) is 13.2 Å². The highest BCUT2D eigenvalue weighted by molar-refractivity contribution is 7.92. The first-order valence-corrected chi connectivity index (χ1v) is 16.2. The summed E-state index contributed by atoms with van der Waals surface area (Å²) in [5, 5.41) is 2.64. The fourth-order valence-corrected chi connectivity index (χ4v) is 6.33. The molecule has 0 bridgehead atoms. The van der Waals surface area contributed by atoms with E-state index in [0.29, 0.717) is 22.0 Å². The molecule has 44 heavy (non-hydrogen) atoms. The third-order valence-electron chi connectivity index (χ3n) is 7.49. The van der Waals surface area contributed by atoms with Gasteiger partial charge in [-0.25, -0.2) is 12.8 Å². The predicted octanol–water partition coefficient (Wildman–Crippen LogP) is 5.96. The number of sulfonamides is 1. The highest BCUT2D eigenvalue weighted by Gasteiger charge is 2.36. The number of nitrogens with one attached hydrogen (secondary N) is 1.